The quantitative estimate of drug-likeness (QED) is 0.869. The van der Waals surface area contributed by atoms with Crippen molar-refractivity contribution in [1.82, 2.24) is 18.4 Å². The molecule has 1 fully saturated rings. The van der Waals surface area contributed by atoms with Gasteiger partial charge in [0.1, 0.15) is 15.9 Å². The summed E-state index contributed by atoms with van der Waals surface area (Å²) in [5, 5.41) is 0. The SMILES string of the molecule is CO[C@H]1CN(C)C[C@@H]1NS(=O)(=O)c1cccc2nsnc12. The molecule has 2 atom stereocenters. The predicted molar refractivity (Wildman–Crippen MR) is 79.8 cm³/mol. The second-order valence-electron chi connectivity index (χ2n) is 5.11. The minimum Gasteiger partial charge on any atom is -0.378 e. The molecule has 2 aromatic rings. The van der Waals surface area contributed by atoms with Gasteiger partial charge in [0.15, 0.2) is 0 Å². The smallest absolute Gasteiger partial charge is 0.243 e. The van der Waals surface area contributed by atoms with Crippen molar-refractivity contribution in [3.8, 4) is 0 Å². The molecule has 0 aliphatic carbocycles. The molecule has 1 aliphatic rings. The number of hydrogen-bond acceptors (Lipinski definition) is 7. The monoisotopic (exact) mass is 328 g/mol. The van der Waals surface area contributed by atoms with E-state index in [0.29, 0.717) is 24.1 Å². The molecule has 114 valence electrons. The normalized spacial score (nSPS) is 23.9. The van der Waals surface area contributed by atoms with Crippen LogP contribution < -0.4 is 4.72 Å². The summed E-state index contributed by atoms with van der Waals surface area (Å²) >= 11 is 1.01. The Labute approximate surface area is 127 Å². The Balaban J connectivity index is 1.92. The molecule has 1 aliphatic heterocycles. The molecule has 21 heavy (non-hydrogen) atoms. The summed E-state index contributed by atoms with van der Waals surface area (Å²) < 4.78 is 41.5. The minimum atomic E-state index is -3.66. The molecule has 0 unspecified atom stereocenters. The molecule has 1 saturated heterocycles. The number of fused-ring (bicyclic) bond motifs is 1. The Morgan fingerprint density at radius 1 is 1.38 bits per heavy atom. The first-order valence-electron chi connectivity index (χ1n) is 6.46. The summed E-state index contributed by atoms with van der Waals surface area (Å²) in [6, 6.07) is 4.70. The Morgan fingerprint density at radius 3 is 2.95 bits per heavy atom. The van der Waals surface area contributed by atoms with Crippen molar-refractivity contribution >= 4 is 32.8 Å². The summed E-state index contributed by atoms with van der Waals surface area (Å²) in [5.74, 6) is 0. The van der Waals surface area contributed by atoms with Gasteiger partial charge in [-0.15, -0.1) is 0 Å². The largest absolute Gasteiger partial charge is 0.378 e. The van der Waals surface area contributed by atoms with E-state index in [-0.39, 0.29) is 17.0 Å². The van der Waals surface area contributed by atoms with Crippen molar-refractivity contribution in [2.75, 3.05) is 27.2 Å². The van der Waals surface area contributed by atoms with Gasteiger partial charge in [-0.25, -0.2) is 13.1 Å². The molecule has 1 N–H and O–H groups in total. The Morgan fingerprint density at radius 2 is 2.19 bits per heavy atom. The van der Waals surface area contributed by atoms with Crippen molar-refractivity contribution in [2.24, 2.45) is 0 Å². The van der Waals surface area contributed by atoms with Crippen LogP contribution in [0.4, 0.5) is 0 Å². The Kier molecular flexibility index (Phi) is 3.93. The Hall–Kier alpha value is -1.13. The van der Waals surface area contributed by atoms with E-state index in [9.17, 15) is 8.42 Å². The molecule has 3 rings (SSSR count). The molecule has 0 saturated carbocycles. The molecule has 0 bridgehead atoms. The third-order valence-corrected chi connectivity index (χ3v) is 5.66. The minimum absolute atomic E-state index is 0.155. The van der Waals surface area contributed by atoms with Gasteiger partial charge in [0.2, 0.25) is 10.0 Å². The number of aromatic nitrogens is 2. The van der Waals surface area contributed by atoms with Gasteiger partial charge in [-0.2, -0.15) is 8.75 Å². The van der Waals surface area contributed by atoms with Gasteiger partial charge in [0.05, 0.1) is 23.9 Å². The van der Waals surface area contributed by atoms with Crippen molar-refractivity contribution in [3.63, 3.8) is 0 Å². The number of hydrogen-bond donors (Lipinski definition) is 1. The maximum Gasteiger partial charge on any atom is 0.243 e. The van der Waals surface area contributed by atoms with Crippen LogP contribution in [0.5, 0.6) is 0 Å². The maximum absolute atomic E-state index is 12.6. The van der Waals surface area contributed by atoms with Crippen molar-refractivity contribution in [3.05, 3.63) is 18.2 Å². The second-order valence-corrected chi connectivity index (χ2v) is 7.32. The molecule has 1 aromatic carbocycles. The van der Waals surface area contributed by atoms with Crippen LogP contribution in [-0.2, 0) is 14.8 Å². The van der Waals surface area contributed by atoms with Gasteiger partial charge in [-0.1, -0.05) is 6.07 Å². The molecule has 2 heterocycles. The summed E-state index contributed by atoms with van der Waals surface area (Å²) in [4.78, 5) is 2.20. The van der Waals surface area contributed by atoms with Crippen LogP contribution in [0.25, 0.3) is 11.0 Å². The molecule has 0 radical (unpaired) electrons. The standard InChI is InChI=1S/C12H16N4O3S2/c1-16-6-9(10(7-16)19-2)15-21(17,18)11-5-3-4-8-12(11)14-20-13-8/h3-5,9-10,15H,6-7H2,1-2H3/t9-,10-/m0/s1. The maximum atomic E-state index is 12.6. The summed E-state index contributed by atoms with van der Waals surface area (Å²) in [6.45, 7) is 1.31. The lowest BCUT2D eigenvalue weighted by Gasteiger charge is -2.18. The third kappa shape index (κ3) is 2.79. The first-order valence-corrected chi connectivity index (χ1v) is 8.67. The van der Waals surface area contributed by atoms with Crippen LogP contribution in [0.2, 0.25) is 0 Å². The summed E-state index contributed by atoms with van der Waals surface area (Å²) in [5.41, 5.74) is 1.00. The van der Waals surface area contributed by atoms with Crippen LogP contribution in [0.15, 0.2) is 23.1 Å². The highest BCUT2D eigenvalue weighted by molar-refractivity contribution is 7.89. The van der Waals surface area contributed by atoms with Crippen LogP contribution in [0.3, 0.4) is 0 Å². The molecular formula is C12H16N4O3S2. The first-order chi connectivity index (χ1) is 10.0. The lowest BCUT2D eigenvalue weighted by atomic mass is 10.2. The van der Waals surface area contributed by atoms with Gasteiger partial charge in [0.25, 0.3) is 0 Å². The highest BCUT2D eigenvalue weighted by atomic mass is 32.2. The van der Waals surface area contributed by atoms with Gasteiger partial charge in [-0.3, -0.25) is 0 Å². The van der Waals surface area contributed by atoms with Gasteiger partial charge < -0.3 is 9.64 Å². The zero-order valence-corrected chi connectivity index (χ0v) is 13.3. The van der Waals surface area contributed by atoms with E-state index >= 15 is 0 Å². The summed E-state index contributed by atoms with van der Waals surface area (Å²) in [6.07, 6.45) is -0.155. The summed E-state index contributed by atoms with van der Waals surface area (Å²) in [7, 11) is -0.130. The van der Waals surface area contributed by atoms with Gasteiger partial charge >= 0.3 is 0 Å². The lowest BCUT2D eigenvalue weighted by Crippen LogP contribution is -2.43. The van der Waals surface area contributed by atoms with Crippen LogP contribution in [0.1, 0.15) is 0 Å². The number of rotatable bonds is 4. The van der Waals surface area contributed by atoms with Crippen LogP contribution in [-0.4, -0.2) is 61.5 Å². The van der Waals surface area contributed by atoms with E-state index in [1.165, 1.54) is 0 Å². The molecule has 1 aromatic heterocycles. The van der Waals surface area contributed by atoms with Gasteiger partial charge in [-0.05, 0) is 19.2 Å². The fraction of sp³-hybridized carbons (Fsp3) is 0.500. The fourth-order valence-electron chi connectivity index (χ4n) is 2.58. The van der Waals surface area contributed by atoms with E-state index in [2.05, 4.69) is 13.5 Å². The highest BCUT2D eigenvalue weighted by Crippen LogP contribution is 2.22. The molecule has 0 amide bonds. The van der Waals surface area contributed by atoms with Crippen LogP contribution in [0, 0.1) is 0 Å². The molecule has 7 nitrogen and oxygen atoms in total. The second kappa shape index (κ2) is 5.58. The molecular weight excluding hydrogens is 312 g/mol. The Bertz CT molecular complexity index is 746. The van der Waals surface area contributed by atoms with E-state index in [1.807, 2.05) is 11.9 Å². The predicted octanol–water partition coefficient (Wildman–Crippen LogP) is 0.299. The lowest BCUT2D eigenvalue weighted by molar-refractivity contribution is 0.0969. The average Bonchev–Trinajstić information content (AvgIpc) is 3.03. The number of sulfonamides is 1. The van der Waals surface area contributed by atoms with Crippen molar-refractivity contribution < 1.29 is 13.2 Å². The molecule has 9 heteroatoms. The van der Waals surface area contributed by atoms with Gasteiger partial charge in [0, 0.05) is 20.2 Å². The number of likely N-dealkylation sites (tertiary alicyclic amines) is 1. The van der Waals surface area contributed by atoms with Crippen molar-refractivity contribution in [1.29, 1.82) is 0 Å². The van der Waals surface area contributed by atoms with Crippen LogP contribution >= 0.6 is 11.7 Å². The topological polar surface area (TPSA) is 84.4 Å². The number of likely N-dealkylation sites (N-methyl/N-ethyl adjacent to an activating group) is 1. The number of nitrogens with zero attached hydrogens (tertiary/aromatic N) is 3. The number of ether oxygens (including phenoxy) is 1. The number of nitrogens with one attached hydrogen (secondary N) is 1. The first kappa shape index (κ1) is 14.8. The third-order valence-electron chi connectivity index (χ3n) is 3.60. The van der Waals surface area contributed by atoms with E-state index in [1.54, 1.807) is 25.3 Å². The zero-order chi connectivity index (χ0) is 15.0. The molecule has 0 spiro atoms. The zero-order valence-electron chi connectivity index (χ0n) is 11.7. The van der Waals surface area contributed by atoms with E-state index in [4.69, 9.17) is 4.74 Å². The van der Waals surface area contributed by atoms with E-state index in [0.717, 1.165) is 11.7 Å². The fourth-order valence-corrected chi connectivity index (χ4v) is 4.60. The highest BCUT2D eigenvalue weighted by Gasteiger charge is 2.35. The van der Waals surface area contributed by atoms with E-state index < -0.39 is 10.0 Å². The number of methoxy groups -OCH3 is 1. The number of benzene rings is 1. The average molecular weight is 328 g/mol. The van der Waals surface area contributed by atoms with Crippen molar-refractivity contribution in [2.45, 2.75) is 17.0 Å².